The molecule has 1 saturated heterocycles. The van der Waals surface area contributed by atoms with Gasteiger partial charge in [0.05, 0.1) is 32.3 Å². The molecule has 0 spiro atoms. The molecule has 1 aromatic carbocycles. The molecule has 7 heteroatoms. The summed E-state index contributed by atoms with van der Waals surface area (Å²) < 4.78 is 10.8. The molecule has 1 heterocycles. The van der Waals surface area contributed by atoms with Crippen LogP contribution in [0.2, 0.25) is 0 Å². The summed E-state index contributed by atoms with van der Waals surface area (Å²) in [4.78, 5) is 26.5. The Bertz CT molecular complexity index is 675. The molecular formula is C21H31N3O4. The van der Waals surface area contributed by atoms with E-state index in [0.29, 0.717) is 32.8 Å². The molecule has 1 fully saturated rings. The van der Waals surface area contributed by atoms with Gasteiger partial charge in [0.1, 0.15) is 5.75 Å². The summed E-state index contributed by atoms with van der Waals surface area (Å²) in [5, 5.41) is 5.66. The van der Waals surface area contributed by atoms with Gasteiger partial charge >= 0.3 is 0 Å². The van der Waals surface area contributed by atoms with Crippen molar-refractivity contribution in [3.8, 4) is 5.75 Å². The van der Waals surface area contributed by atoms with Gasteiger partial charge in [-0.1, -0.05) is 30.4 Å². The minimum atomic E-state index is -0.470. The quantitative estimate of drug-likeness (QED) is 0.592. The Morgan fingerprint density at radius 2 is 2.18 bits per heavy atom. The summed E-state index contributed by atoms with van der Waals surface area (Å²) in [7, 11) is 1.64. The van der Waals surface area contributed by atoms with E-state index in [9.17, 15) is 9.59 Å². The van der Waals surface area contributed by atoms with E-state index in [-0.39, 0.29) is 24.3 Å². The Labute approximate surface area is 167 Å². The van der Waals surface area contributed by atoms with Gasteiger partial charge in [-0.25, -0.2) is 0 Å². The van der Waals surface area contributed by atoms with Gasteiger partial charge in [-0.05, 0) is 19.9 Å². The fourth-order valence-electron chi connectivity index (χ4n) is 3.05. The maximum atomic E-state index is 12.3. The van der Waals surface area contributed by atoms with E-state index in [1.165, 1.54) is 0 Å². The van der Waals surface area contributed by atoms with E-state index in [1.54, 1.807) is 7.11 Å². The van der Waals surface area contributed by atoms with Crippen LogP contribution in [0.4, 0.5) is 0 Å². The first kappa shape index (κ1) is 21.9. The topological polar surface area (TPSA) is 79.9 Å². The van der Waals surface area contributed by atoms with Gasteiger partial charge in [-0.15, -0.1) is 0 Å². The fraction of sp³-hybridized carbons (Fsp3) is 0.524. The average Bonchev–Trinajstić information content (AvgIpc) is 2.68. The van der Waals surface area contributed by atoms with Crippen molar-refractivity contribution in [2.24, 2.45) is 0 Å². The second kappa shape index (κ2) is 11.5. The number of methoxy groups -OCH3 is 1. The van der Waals surface area contributed by atoms with E-state index in [1.807, 2.05) is 55.2 Å². The van der Waals surface area contributed by atoms with Gasteiger partial charge in [-0.3, -0.25) is 14.5 Å². The second-order valence-corrected chi connectivity index (χ2v) is 6.92. The van der Waals surface area contributed by atoms with Crippen molar-refractivity contribution in [1.82, 2.24) is 15.5 Å². The molecular weight excluding hydrogens is 358 g/mol. The molecule has 1 unspecified atom stereocenters. The van der Waals surface area contributed by atoms with Crippen LogP contribution in [-0.4, -0.2) is 68.8 Å². The van der Waals surface area contributed by atoms with Crippen LogP contribution in [0.5, 0.6) is 5.75 Å². The number of amides is 2. The lowest BCUT2D eigenvalue weighted by atomic mass is 10.1. The molecule has 0 radical (unpaired) electrons. The van der Waals surface area contributed by atoms with Crippen LogP contribution in [0.1, 0.15) is 25.8 Å². The molecule has 1 atom stereocenters. The Balaban J connectivity index is 1.89. The predicted octanol–water partition coefficient (Wildman–Crippen LogP) is 1.44. The Morgan fingerprint density at radius 1 is 1.39 bits per heavy atom. The number of carbonyl (C=O) groups is 2. The number of para-hydroxylation sites is 1. The maximum Gasteiger partial charge on any atom is 0.237 e. The van der Waals surface area contributed by atoms with Crippen LogP contribution < -0.4 is 15.4 Å². The number of ether oxygens (including phenoxy) is 2. The first-order valence-electron chi connectivity index (χ1n) is 9.71. The van der Waals surface area contributed by atoms with E-state index < -0.39 is 6.04 Å². The van der Waals surface area contributed by atoms with Gasteiger partial charge in [0.2, 0.25) is 11.8 Å². The normalized spacial score (nSPS) is 17.7. The zero-order chi connectivity index (χ0) is 20.4. The highest BCUT2D eigenvalue weighted by molar-refractivity contribution is 5.88. The van der Waals surface area contributed by atoms with Crippen LogP contribution in [0.25, 0.3) is 6.08 Å². The molecule has 2 rings (SSSR count). The standard InChI is InChI=1S/C21H31N3O4/c1-16(2)28-14-11-22-20(25)15-18-21(26)23-10-13-24(18)12-6-8-17-7-4-5-9-19(17)27-3/h4-9,16,18H,10-15H2,1-3H3,(H,22,25)(H,23,26). The monoisotopic (exact) mass is 389 g/mol. The van der Waals surface area contributed by atoms with Crippen molar-refractivity contribution >= 4 is 17.9 Å². The van der Waals surface area contributed by atoms with E-state index >= 15 is 0 Å². The smallest absolute Gasteiger partial charge is 0.237 e. The number of carbonyl (C=O) groups excluding carboxylic acids is 2. The maximum absolute atomic E-state index is 12.3. The first-order chi connectivity index (χ1) is 13.5. The van der Waals surface area contributed by atoms with Crippen molar-refractivity contribution in [3.05, 3.63) is 35.9 Å². The van der Waals surface area contributed by atoms with E-state index in [2.05, 4.69) is 10.6 Å². The number of hydrogen-bond acceptors (Lipinski definition) is 5. The summed E-state index contributed by atoms with van der Waals surface area (Å²) in [6, 6.07) is 7.28. The number of benzene rings is 1. The van der Waals surface area contributed by atoms with Crippen LogP contribution in [0.15, 0.2) is 30.3 Å². The molecule has 1 aliphatic heterocycles. The van der Waals surface area contributed by atoms with Gasteiger partial charge in [0.15, 0.2) is 0 Å². The Hall–Kier alpha value is -2.38. The molecule has 0 saturated carbocycles. The lowest BCUT2D eigenvalue weighted by Crippen LogP contribution is -2.56. The summed E-state index contributed by atoms with van der Waals surface area (Å²) in [5.74, 6) is 0.549. The molecule has 154 valence electrons. The Morgan fingerprint density at radius 3 is 2.93 bits per heavy atom. The highest BCUT2D eigenvalue weighted by atomic mass is 16.5. The number of nitrogens with zero attached hydrogens (tertiary/aromatic N) is 1. The number of piperazine rings is 1. The van der Waals surface area contributed by atoms with Gasteiger partial charge < -0.3 is 20.1 Å². The summed E-state index contributed by atoms with van der Waals surface area (Å²) >= 11 is 0. The lowest BCUT2D eigenvalue weighted by Gasteiger charge is -2.33. The second-order valence-electron chi connectivity index (χ2n) is 6.92. The molecule has 0 aromatic heterocycles. The van der Waals surface area contributed by atoms with Gasteiger partial charge in [-0.2, -0.15) is 0 Å². The number of rotatable bonds is 10. The molecule has 7 nitrogen and oxygen atoms in total. The van der Waals surface area contributed by atoms with Gasteiger partial charge in [0.25, 0.3) is 0 Å². The minimum Gasteiger partial charge on any atom is -0.496 e. The SMILES string of the molecule is COc1ccccc1C=CCN1CCNC(=O)C1CC(=O)NCCOC(C)C. The third-order valence-corrected chi connectivity index (χ3v) is 4.47. The van der Waals surface area contributed by atoms with Crippen molar-refractivity contribution < 1.29 is 19.1 Å². The highest BCUT2D eigenvalue weighted by Gasteiger charge is 2.30. The minimum absolute atomic E-state index is 0.106. The first-order valence-corrected chi connectivity index (χ1v) is 9.71. The van der Waals surface area contributed by atoms with Crippen LogP contribution in [0.3, 0.4) is 0 Å². The van der Waals surface area contributed by atoms with Crippen molar-refractivity contribution in [2.45, 2.75) is 32.4 Å². The molecule has 0 bridgehead atoms. The van der Waals surface area contributed by atoms with Crippen molar-refractivity contribution in [3.63, 3.8) is 0 Å². The predicted molar refractivity (Wildman–Crippen MR) is 109 cm³/mol. The zero-order valence-corrected chi connectivity index (χ0v) is 16.9. The van der Waals surface area contributed by atoms with E-state index in [0.717, 1.165) is 11.3 Å². The van der Waals surface area contributed by atoms with Crippen molar-refractivity contribution in [2.75, 3.05) is 39.9 Å². The van der Waals surface area contributed by atoms with Crippen molar-refractivity contribution in [1.29, 1.82) is 0 Å². The molecule has 1 aromatic rings. The van der Waals surface area contributed by atoms with Crippen LogP contribution >= 0.6 is 0 Å². The molecule has 0 aliphatic carbocycles. The zero-order valence-electron chi connectivity index (χ0n) is 16.9. The van der Waals surface area contributed by atoms with E-state index in [4.69, 9.17) is 9.47 Å². The number of hydrogen-bond donors (Lipinski definition) is 2. The molecule has 1 aliphatic rings. The molecule has 28 heavy (non-hydrogen) atoms. The molecule has 2 amide bonds. The fourth-order valence-corrected chi connectivity index (χ4v) is 3.05. The summed E-state index contributed by atoms with van der Waals surface area (Å²) in [6.07, 6.45) is 4.24. The van der Waals surface area contributed by atoms with Gasteiger partial charge in [0, 0.05) is 31.7 Å². The third-order valence-electron chi connectivity index (χ3n) is 4.47. The molecule has 2 N–H and O–H groups in total. The Kier molecular flexibility index (Phi) is 8.97. The average molecular weight is 389 g/mol. The third kappa shape index (κ3) is 6.98. The summed E-state index contributed by atoms with van der Waals surface area (Å²) in [5.41, 5.74) is 0.978. The lowest BCUT2D eigenvalue weighted by molar-refractivity contribution is -0.133. The highest BCUT2D eigenvalue weighted by Crippen LogP contribution is 2.19. The summed E-state index contributed by atoms with van der Waals surface area (Å²) in [6.45, 7) is 6.68. The largest absolute Gasteiger partial charge is 0.496 e. The van der Waals surface area contributed by atoms with Crippen LogP contribution in [-0.2, 0) is 14.3 Å². The van der Waals surface area contributed by atoms with Crippen LogP contribution in [0, 0.1) is 0 Å². The number of nitrogens with one attached hydrogen (secondary N) is 2.